The molecule has 3 aliphatic rings. The summed E-state index contributed by atoms with van der Waals surface area (Å²) in [5, 5.41) is 3.14. The highest BCUT2D eigenvalue weighted by atomic mass is 16.5. The number of rotatable bonds is 6. The van der Waals surface area contributed by atoms with Crippen LogP contribution in [0.2, 0.25) is 0 Å². The van der Waals surface area contributed by atoms with Crippen LogP contribution < -0.4 is 5.32 Å². The van der Waals surface area contributed by atoms with Crippen molar-refractivity contribution in [1.29, 1.82) is 0 Å². The van der Waals surface area contributed by atoms with Crippen LogP contribution in [0.4, 0.5) is 0 Å². The number of amides is 1. The minimum Gasteiger partial charge on any atom is -0.432 e. The van der Waals surface area contributed by atoms with E-state index in [0.717, 1.165) is 36.3 Å². The smallest absolute Gasteiger partial charge is 0.307 e. The van der Waals surface area contributed by atoms with Gasteiger partial charge in [0.15, 0.2) is 5.76 Å². The number of carbonyl (C=O) groups excluding carboxylic acids is 1. The van der Waals surface area contributed by atoms with Crippen LogP contribution in [0.25, 0.3) is 11.3 Å². The first-order valence-corrected chi connectivity index (χ1v) is 13.8. The molecule has 1 saturated heterocycles. The zero-order valence-electron chi connectivity index (χ0n) is 22.0. The highest BCUT2D eigenvalue weighted by molar-refractivity contribution is 5.90. The lowest BCUT2D eigenvalue weighted by molar-refractivity contribution is 0.0680. The molecule has 5 nitrogen and oxygen atoms in total. The van der Waals surface area contributed by atoms with Crippen molar-refractivity contribution in [2.75, 3.05) is 13.2 Å². The third kappa shape index (κ3) is 5.66. The van der Waals surface area contributed by atoms with E-state index in [4.69, 9.17) is 14.1 Å². The molecule has 1 aliphatic heterocycles. The quantitative estimate of drug-likeness (QED) is 0.500. The number of benzene rings is 1. The van der Waals surface area contributed by atoms with Gasteiger partial charge in [-0.3, -0.25) is 4.79 Å². The summed E-state index contributed by atoms with van der Waals surface area (Å²) in [6.45, 7) is 10.5. The van der Waals surface area contributed by atoms with Crippen LogP contribution in [0.1, 0.15) is 113 Å². The van der Waals surface area contributed by atoms with E-state index < -0.39 is 0 Å². The molecule has 1 aromatic heterocycles. The van der Waals surface area contributed by atoms with Gasteiger partial charge in [-0.25, -0.2) is 4.98 Å². The SMILES string of the molecule is CC(C)(C)c1cc(-c2oc(C(=O)NC3CCOCC3)nc2CC2CCCCC2)cc(C2(C)CC2)c1. The van der Waals surface area contributed by atoms with Crippen LogP contribution in [0.5, 0.6) is 0 Å². The van der Waals surface area contributed by atoms with Gasteiger partial charge in [0, 0.05) is 24.8 Å². The van der Waals surface area contributed by atoms with Crippen molar-refractivity contribution in [1.82, 2.24) is 10.3 Å². The van der Waals surface area contributed by atoms with E-state index in [0.29, 0.717) is 19.1 Å². The van der Waals surface area contributed by atoms with Gasteiger partial charge in [-0.2, -0.15) is 0 Å². The molecule has 2 saturated carbocycles. The normalized spacial score (nSPS) is 21.1. The predicted molar refractivity (Wildman–Crippen MR) is 139 cm³/mol. The Labute approximate surface area is 210 Å². The molecule has 3 fully saturated rings. The number of nitrogens with zero attached hydrogens (tertiary/aromatic N) is 1. The van der Waals surface area contributed by atoms with Gasteiger partial charge in [-0.1, -0.05) is 65.9 Å². The maximum absolute atomic E-state index is 13.2. The Balaban J connectivity index is 1.51. The fourth-order valence-corrected chi connectivity index (χ4v) is 5.58. The minimum atomic E-state index is -0.200. The number of hydrogen-bond donors (Lipinski definition) is 1. The third-order valence-corrected chi connectivity index (χ3v) is 8.41. The molecule has 2 heterocycles. The highest BCUT2D eigenvalue weighted by Crippen LogP contribution is 2.49. The molecule has 2 aliphatic carbocycles. The lowest BCUT2D eigenvalue weighted by atomic mass is 9.82. The molecule has 1 amide bonds. The van der Waals surface area contributed by atoms with E-state index in [-0.39, 0.29) is 28.7 Å². The molecule has 190 valence electrons. The lowest BCUT2D eigenvalue weighted by Gasteiger charge is -2.23. The molecule has 0 bridgehead atoms. The zero-order valence-corrected chi connectivity index (χ0v) is 22.0. The van der Waals surface area contributed by atoms with E-state index in [1.807, 2.05) is 0 Å². The first kappa shape index (κ1) is 24.5. The van der Waals surface area contributed by atoms with Gasteiger partial charge >= 0.3 is 5.91 Å². The number of oxazole rings is 1. The average molecular weight is 479 g/mol. The molecule has 0 spiro atoms. The van der Waals surface area contributed by atoms with Crippen molar-refractivity contribution < 1.29 is 13.9 Å². The van der Waals surface area contributed by atoms with Gasteiger partial charge in [0.2, 0.25) is 0 Å². The second-order valence-electron chi connectivity index (χ2n) is 12.5. The lowest BCUT2D eigenvalue weighted by Crippen LogP contribution is -2.39. The van der Waals surface area contributed by atoms with Crippen LogP contribution in [0.3, 0.4) is 0 Å². The number of carbonyl (C=O) groups is 1. The summed E-state index contributed by atoms with van der Waals surface area (Å²) < 4.78 is 11.8. The monoisotopic (exact) mass is 478 g/mol. The van der Waals surface area contributed by atoms with E-state index in [2.05, 4.69) is 51.2 Å². The summed E-state index contributed by atoms with van der Waals surface area (Å²) in [5.74, 6) is 1.42. The maximum Gasteiger partial charge on any atom is 0.307 e. The van der Waals surface area contributed by atoms with Crippen molar-refractivity contribution in [2.24, 2.45) is 5.92 Å². The molecule has 0 radical (unpaired) electrons. The third-order valence-electron chi connectivity index (χ3n) is 8.41. The van der Waals surface area contributed by atoms with Gasteiger partial charge in [0.25, 0.3) is 5.89 Å². The molecule has 1 N–H and O–H groups in total. The Hall–Kier alpha value is -2.14. The standard InChI is InChI=1S/C30H42N2O3/c1-29(2,3)22-17-21(18-23(19-22)30(4)12-13-30)26-25(16-20-8-6-5-7-9-20)32-28(35-26)27(33)31-24-10-14-34-15-11-24/h17-20,24H,5-16H2,1-4H3,(H,31,33). The Kier molecular flexibility index (Phi) is 6.82. The summed E-state index contributed by atoms with van der Waals surface area (Å²) in [4.78, 5) is 18.0. The van der Waals surface area contributed by atoms with Crippen molar-refractivity contribution in [3.05, 3.63) is 40.9 Å². The minimum absolute atomic E-state index is 0.0306. The van der Waals surface area contributed by atoms with Gasteiger partial charge < -0.3 is 14.5 Å². The van der Waals surface area contributed by atoms with Crippen LogP contribution in [-0.4, -0.2) is 30.1 Å². The Morgan fingerprint density at radius 2 is 1.77 bits per heavy atom. The Morgan fingerprint density at radius 1 is 1.06 bits per heavy atom. The van der Waals surface area contributed by atoms with E-state index in [9.17, 15) is 4.79 Å². The molecule has 5 rings (SSSR count). The second kappa shape index (κ2) is 9.72. The zero-order chi connectivity index (χ0) is 24.6. The summed E-state index contributed by atoms with van der Waals surface area (Å²) in [6, 6.07) is 7.07. The van der Waals surface area contributed by atoms with E-state index in [1.54, 1.807) is 0 Å². The molecule has 2 aromatic rings. The summed E-state index contributed by atoms with van der Waals surface area (Å²) in [6.07, 6.45) is 11.4. The van der Waals surface area contributed by atoms with Gasteiger partial charge in [-0.05, 0) is 72.1 Å². The molecule has 35 heavy (non-hydrogen) atoms. The number of aromatic nitrogens is 1. The molecular weight excluding hydrogens is 436 g/mol. The fraction of sp³-hybridized carbons (Fsp3) is 0.667. The van der Waals surface area contributed by atoms with Gasteiger partial charge in [0.1, 0.15) is 0 Å². The predicted octanol–water partition coefficient (Wildman–Crippen LogP) is 6.72. The molecular formula is C30H42N2O3. The first-order valence-electron chi connectivity index (χ1n) is 13.8. The molecule has 0 atom stereocenters. The van der Waals surface area contributed by atoms with Crippen LogP contribution >= 0.6 is 0 Å². The molecule has 0 unspecified atom stereocenters. The van der Waals surface area contributed by atoms with Crippen molar-refractivity contribution in [2.45, 2.75) is 109 Å². The van der Waals surface area contributed by atoms with E-state index >= 15 is 0 Å². The largest absolute Gasteiger partial charge is 0.432 e. The summed E-state index contributed by atoms with van der Waals surface area (Å²) >= 11 is 0. The van der Waals surface area contributed by atoms with Crippen LogP contribution in [-0.2, 0) is 22.0 Å². The molecule has 5 heteroatoms. The van der Waals surface area contributed by atoms with Crippen molar-refractivity contribution >= 4 is 5.91 Å². The van der Waals surface area contributed by atoms with Gasteiger partial charge in [-0.15, -0.1) is 0 Å². The molecule has 1 aromatic carbocycles. The number of nitrogens with one attached hydrogen (secondary N) is 1. The van der Waals surface area contributed by atoms with E-state index in [1.165, 1.54) is 56.1 Å². The maximum atomic E-state index is 13.2. The van der Waals surface area contributed by atoms with Crippen LogP contribution in [0.15, 0.2) is 22.6 Å². The van der Waals surface area contributed by atoms with Crippen LogP contribution in [0, 0.1) is 5.92 Å². The highest BCUT2D eigenvalue weighted by Gasteiger charge is 2.40. The number of hydrogen-bond acceptors (Lipinski definition) is 4. The summed E-state index contributed by atoms with van der Waals surface area (Å²) in [5.41, 5.74) is 5.00. The average Bonchev–Trinajstić information content (AvgIpc) is 3.46. The Bertz CT molecular complexity index is 1020. The number of ether oxygens (including phenoxy) is 1. The topological polar surface area (TPSA) is 64.4 Å². The summed E-state index contributed by atoms with van der Waals surface area (Å²) in [7, 11) is 0. The Morgan fingerprint density at radius 3 is 2.43 bits per heavy atom. The van der Waals surface area contributed by atoms with Crippen molar-refractivity contribution in [3.63, 3.8) is 0 Å². The fourth-order valence-electron chi connectivity index (χ4n) is 5.58. The first-order chi connectivity index (χ1) is 16.7. The second-order valence-corrected chi connectivity index (χ2v) is 12.5. The van der Waals surface area contributed by atoms with Gasteiger partial charge in [0.05, 0.1) is 5.69 Å². The van der Waals surface area contributed by atoms with Crippen molar-refractivity contribution in [3.8, 4) is 11.3 Å².